The van der Waals surface area contributed by atoms with E-state index in [9.17, 15) is 0 Å². The second kappa shape index (κ2) is 6.11. The van der Waals surface area contributed by atoms with Crippen LogP contribution in [0, 0.1) is 0 Å². The van der Waals surface area contributed by atoms with Crippen molar-refractivity contribution in [1.82, 2.24) is 30.2 Å². The Bertz CT molecular complexity index is 1040. The first-order valence-corrected chi connectivity index (χ1v) is 9.30. The molecule has 0 atom stereocenters. The molecular weight excluding hydrogens is 336 g/mol. The highest BCUT2D eigenvalue weighted by molar-refractivity contribution is 7.99. The van der Waals surface area contributed by atoms with E-state index in [0.29, 0.717) is 11.6 Å². The number of hydrogen-bond acceptors (Lipinski definition) is 7. The van der Waals surface area contributed by atoms with Crippen LogP contribution in [0.4, 0.5) is 0 Å². The van der Waals surface area contributed by atoms with E-state index in [-0.39, 0.29) is 0 Å². The summed E-state index contributed by atoms with van der Waals surface area (Å²) in [5, 5.41) is 14.8. The molecule has 0 N–H and O–H groups in total. The standard InChI is InChI=1S/C17H16N6OS/c1-2-6-11(7-3-1)23-17(20-21-22-23)25-16-15-14(18-10-19-16)12-8-4-5-9-13(12)24-15/h4-5,8-11H,1-3,6-7H2. The lowest BCUT2D eigenvalue weighted by atomic mass is 9.96. The largest absolute Gasteiger partial charge is 0.451 e. The summed E-state index contributed by atoms with van der Waals surface area (Å²) in [6.07, 6.45) is 7.59. The Balaban J connectivity index is 1.56. The van der Waals surface area contributed by atoms with E-state index in [1.165, 1.54) is 31.0 Å². The third-order valence-electron chi connectivity index (χ3n) is 4.70. The summed E-state index contributed by atoms with van der Waals surface area (Å²) in [5.41, 5.74) is 2.32. The molecule has 5 rings (SSSR count). The van der Waals surface area contributed by atoms with Gasteiger partial charge in [0.05, 0.1) is 6.04 Å². The Kier molecular flexibility index (Phi) is 3.62. The second-order valence-electron chi connectivity index (χ2n) is 6.25. The molecule has 25 heavy (non-hydrogen) atoms. The minimum Gasteiger partial charge on any atom is -0.451 e. The maximum atomic E-state index is 5.99. The molecule has 7 nitrogen and oxygen atoms in total. The maximum Gasteiger partial charge on any atom is 0.216 e. The normalized spacial score (nSPS) is 16.0. The highest BCUT2D eigenvalue weighted by atomic mass is 32.2. The van der Waals surface area contributed by atoms with Crippen LogP contribution in [-0.4, -0.2) is 30.2 Å². The molecule has 4 aromatic rings. The molecule has 1 fully saturated rings. The van der Waals surface area contributed by atoms with Crippen molar-refractivity contribution in [3.63, 3.8) is 0 Å². The predicted octanol–water partition coefficient (Wildman–Crippen LogP) is 4.02. The van der Waals surface area contributed by atoms with Crippen molar-refractivity contribution < 1.29 is 4.42 Å². The molecule has 0 spiro atoms. The number of rotatable bonds is 3. The number of benzene rings is 1. The van der Waals surface area contributed by atoms with E-state index in [0.717, 1.165) is 39.5 Å². The van der Waals surface area contributed by atoms with Crippen LogP contribution >= 0.6 is 11.8 Å². The first kappa shape index (κ1) is 14.8. The van der Waals surface area contributed by atoms with Crippen LogP contribution in [0.2, 0.25) is 0 Å². The van der Waals surface area contributed by atoms with E-state index in [1.807, 2.05) is 28.9 Å². The summed E-state index contributed by atoms with van der Waals surface area (Å²) in [4.78, 5) is 8.81. The molecule has 3 heterocycles. The number of nitrogens with zero attached hydrogens (tertiary/aromatic N) is 6. The quantitative estimate of drug-likeness (QED) is 0.515. The highest BCUT2D eigenvalue weighted by Gasteiger charge is 2.22. The summed E-state index contributed by atoms with van der Waals surface area (Å²) in [5.74, 6) is 0. The number of tetrazole rings is 1. The van der Waals surface area contributed by atoms with Crippen LogP contribution in [0.3, 0.4) is 0 Å². The zero-order valence-electron chi connectivity index (χ0n) is 13.5. The molecule has 0 bridgehead atoms. The van der Waals surface area contributed by atoms with Crippen LogP contribution in [0.5, 0.6) is 0 Å². The van der Waals surface area contributed by atoms with Gasteiger partial charge < -0.3 is 4.42 Å². The Morgan fingerprint density at radius 2 is 1.96 bits per heavy atom. The van der Waals surface area contributed by atoms with E-state index < -0.39 is 0 Å². The molecule has 0 amide bonds. The van der Waals surface area contributed by atoms with Crippen LogP contribution in [0.25, 0.3) is 22.1 Å². The van der Waals surface area contributed by atoms with Crippen molar-refractivity contribution in [1.29, 1.82) is 0 Å². The molecule has 126 valence electrons. The molecule has 0 unspecified atom stereocenters. The van der Waals surface area contributed by atoms with Gasteiger partial charge in [-0.05, 0) is 47.2 Å². The lowest BCUT2D eigenvalue weighted by Crippen LogP contribution is -2.15. The van der Waals surface area contributed by atoms with Crippen molar-refractivity contribution in [2.24, 2.45) is 0 Å². The third-order valence-corrected chi connectivity index (χ3v) is 5.63. The van der Waals surface area contributed by atoms with E-state index in [2.05, 4.69) is 25.5 Å². The Labute approximate surface area is 147 Å². The first-order chi connectivity index (χ1) is 12.4. The van der Waals surface area contributed by atoms with E-state index in [4.69, 9.17) is 4.42 Å². The fourth-order valence-corrected chi connectivity index (χ4v) is 4.33. The number of hydrogen-bond donors (Lipinski definition) is 0. The molecule has 0 radical (unpaired) electrons. The molecule has 0 saturated heterocycles. The van der Waals surface area contributed by atoms with Gasteiger partial charge in [-0.1, -0.05) is 31.4 Å². The summed E-state index contributed by atoms with van der Waals surface area (Å²) >= 11 is 1.44. The smallest absolute Gasteiger partial charge is 0.216 e. The van der Waals surface area contributed by atoms with Crippen molar-refractivity contribution in [2.75, 3.05) is 0 Å². The Hall–Kier alpha value is -2.48. The molecule has 1 saturated carbocycles. The molecule has 1 aromatic carbocycles. The van der Waals surface area contributed by atoms with Gasteiger partial charge in [0.2, 0.25) is 5.16 Å². The Morgan fingerprint density at radius 1 is 1.08 bits per heavy atom. The predicted molar refractivity (Wildman–Crippen MR) is 93.4 cm³/mol. The van der Waals surface area contributed by atoms with Gasteiger partial charge >= 0.3 is 0 Å². The van der Waals surface area contributed by atoms with Gasteiger partial charge in [0.1, 0.15) is 17.4 Å². The zero-order valence-corrected chi connectivity index (χ0v) is 14.3. The van der Waals surface area contributed by atoms with Gasteiger partial charge in [-0.15, -0.1) is 5.10 Å². The Morgan fingerprint density at radius 3 is 2.88 bits per heavy atom. The first-order valence-electron chi connectivity index (χ1n) is 8.48. The second-order valence-corrected chi connectivity index (χ2v) is 7.21. The minimum atomic E-state index is 0.374. The van der Waals surface area contributed by atoms with Crippen LogP contribution in [-0.2, 0) is 0 Å². The molecule has 1 aliphatic rings. The third kappa shape index (κ3) is 2.57. The average Bonchev–Trinajstić information content (AvgIpc) is 3.27. The molecule has 1 aliphatic carbocycles. The fourth-order valence-electron chi connectivity index (χ4n) is 3.47. The minimum absolute atomic E-state index is 0.374. The van der Waals surface area contributed by atoms with Crippen molar-refractivity contribution in [3.8, 4) is 0 Å². The summed E-state index contributed by atoms with van der Waals surface area (Å²) < 4.78 is 7.94. The number of aromatic nitrogens is 6. The fraction of sp³-hybridized carbons (Fsp3) is 0.353. The monoisotopic (exact) mass is 352 g/mol. The summed E-state index contributed by atoms with van der Waals surface area (Å²) in [7, 11) is 0. The van der Waals surface area contributed by atoms with Gasteiger partial charge in [-0.3, -0.25) is 0 Å². The van der Waals surface area contributed by atoms with Crippen molar-refractivity contribution in [2.45, 2.75) is 48.3 Å². The average molecular weight is 352 g/mol. The molecular formula is C17H16N6OS. The van der Waals surface area contributed by atoms with Crippen LogP contribution in [0.1, 0.15) is 38.1 Å². The molecule has 0 aliphatic heterocycles. The number of fused-ring (bicyclic) bond motifs is 3. The lowest BCUT2D eigenvalue weighted by molar-refractivity contribution is 0.307. The SMILES string of the molecule is c1ccc2c(c1)oc1c(Sc3nnnn3C3CCCCC3)ncnc12. The zero-order chi connectivity index (χ0) is 16.6. The molecule has 3 aromatic heterocycles. The van der Waals surface area contributed by atoms with Gasteiger partial charge in [-0.25, -0.2) is 14.6 Å². The van der Waals surface area contributed by atoms with Crippen LogP contribution < -0.4 is 0 Å². The maximum absolute atomic E-state index is 5.99. The topological polar surface area (TPSA) is 82.5 Å². The summed E-state index contributed by atoms with van der Waals surface area (Å²) in [6.45, 7) is 0. The lowest BCUT2D eigenvalue weighted by Gasteiger charge is -2.21. The van der Waals surface area contributed by atoms with Gasteiger partial charge in [0.15, 0.2) is 10.6 Å². The summed E-state index contributed by atoms with van der Waals surface area (Å²) in [6, 6.07) is 8.26. The van der Waals surface area contributed by atoms with Gasteiger partial charge in [0, 0.05) is 5.39 Å². The van der Waals surface area contributed by atoms with Crippen molar-refractivity contribution >= 4 is 33.8 Å². The van der Waals surface area contributed by atoms with Gasteiger partial charge in [0.25, 0.3) is 0 Å². The van der Waals surface area contributed by atoms with Gasteiger partial charge in [-0.2, -0.15) is 0 Å². The van der Waals surface area contributed by atoms with E-state index >= 15 is 0 Å². The number of para-hydroxylation sites is 1. The number of furan rings is 1. The van der Waals surface area contributed by atoms with E-state index in [1.54, 1.807) is 6.33 Å². The highest BCUT2D eigenvalue weighted by Crippen LogP contribution is 2.36. The van der Waals surface area contributed by atoms with Crippen LogP contribution in [0.15, 0.2) is 45.2 Å². The molecule has 8 heteroatoms. The van der Waals surface area contributed by atoms with Crippen molar-refractivity contribution in [3.05, 3.63) is 30.6 Å².